The second kappa shape index (κ2) is 5.36. The smallest absolute Gasteiger partial charge is 0.303 e. The van der Waals surface area contributed by atoms with Crippen LogP contribution in [-0.2, 0) is 9.53 Å². The molecule has 0 saturated carbocycles. The van der Waals surface area contributed by atoms with E-state index < -0.39 is 5.97 Å². The highest BCUT2D eigenvalue weighted by molar-refractivity contribution is 5.68. The number of hydrogen-bond donors (Lipinski definition) is 2. The third kappa shape index (κ3) is 3.19. The summed E-state index contributed by atoms with van der Waals surface area (Å²) in [6.45, 7) is 6.78. The van der Waals surface area contributed by atoms with Crippen LogP contribution in [0.4, 0.5) is 0 Å². The zero-order valence-corrected chi connectivity index (χ0v) is 11.2. The quantitative estimate of drug-likeness (QED) is 0.776. The highest BCUT2D eigenvalue weighted by Gasteiger charge is 2.46. The van der Waals surface area contributed by atoms with Gasteiger partial charge in [0.2, 0.25) is 0 Å². The maximum absolute atomic E-state index is 11.1. The van der Waals surface area contributed by atoms with Crippen molar-refractivity contribution in [2.45, 2.75) is 64.5 Å². The van der Waals surface area contributed by atoms with Crippen LogP contribution < -0.4 is 5.73 Å². The van der Waals surface area contributed by atoms with E-state index in [0.29, 0.717) is 6.61 Å². The van der Waals surface area contributed by atoms with Crippen molar-refractivity contribution >= 4 is 5.97 Å². The number of carboxylic acids is 1. The molecule has 0 aliphatic carbocycles. The Morgan fingerprint density at radius 3 is 2.65 bits per heavy atom. The van der Waals surface area contributed by atoms with Crippen LogP contribution in [0.25, 0.3) is 0 Å². The van der Waals surface area contributed by atoms with Crippen LogP contribution in [-0.4, -0.2) is 29.3 Å². The molecule has 0 aromatic rings. The van der Waals surface area contributed by atoms with Crippen molar-refractivity contribution in [2.75, 3.05) is 6.61 Å². The molecule has 0 aromatic heterocycles. The number of hydrogen-bond acceptors (Lipinski definition) is 3. The summed E-state index contributed by atoms with van der Waals surface area (Å²) in [5.41, 5.74) is 5.66. The summed E-state index contributed by atoms with van der Waals surface area (Å²) in [6, 6.07) is -0.0617. The number of nitrogens with two attached hydrogens (primary N) is 1. The van der Waals surface area contributed by atoms with Crippen molar-refractivity contribution in [3.63, 3.8) is 0 Å². The Labute approximate surface area is 104 Å². The van der Waals surface area contributed by atoms with Crippen LogP contribution in [0.1, 0.15) is 52.9 Å². The monoisotopic (exact) mass is 243 g/mol. The lowest BCUT2D eigenvalue weighted by Crippen LogP contribution is -2.52. The first-order valence-corrected chi connectivity index (χ1v) is 6.49. The summed E-state index contributed by atoms with van der Waals surface area (Å²) >= 11 is 0. The number of rotatable bonds is 5. The van der Waals surface area contributed by atoms with Gasteiger partial charge in [-0.3, -0.25) is 4.79 Å². The molecule has 0 aromatic carbocycles. The molecule has 1 aliphatic heterocycles. The second-order valence-corrected chi connectivity index (χ2v) is 5.53. The third-order valence-electron chi connectivity index (χ3n) is 4.25. The standard InChI is InChI=1S/C13H25NO3/c1-4-10(14)13(8-11(15)16)6-7-17-12(3,5-2)9-13/h10H,4-9,14H2,1-3H3,(H,15,16). The second-order valence-electron chi connectivity index (χ2n) is 5.53. The maximum Gasteiger partial charge on any atom is 0.303 e. The van der Waals surface area contributed by atoms with E-state index in [-0.39, 0.29) is 23.5 Å². The Bertz CT molecular complexity index is 282. The summed E-state index contributed by atoms with van der Waals surface area (Å²) < 4.78 is 5.80. The maximum atomic E-state index is 11.1. The molecule has 4 nitrogen and oxygen atoms in total. The molecule has 1 aliphatic rings. The van der Waals surface area contributed by atoms with Gasteiger partial charge in [-0.25, -0.2) is 0 Å². The number of carbonyl (C=O) groups is 1. The van der Waals surface area contributed by atoms with E-state index in [1.807, 2.05) is 6.92 Å². The molecule has 1 rings (SSSR count). The molecule has 100 valence electrons. The predicted octanol–water partition coefficient (Wildman–Crippen LogP) is 2.16. The summed E-state index contributed by atoms with van der Waals surface area (Å²) in [5.74, 6) is -0.755. The summed E-state index contributed by atoms with van der Waals surface area (Å²) in [6.07, 6.45) is 3.36. The minimum Gasteiger partial charge on any atom is -0.481 e. The van der Waals surface area contributed by atoms with E-state index in [0.717, 1.165) is 25.7 Å². The van der Waals surface area contributed by atoms with Gasteiger partial charge >= 0.3 is 5.97 Å². The third-order valence-corrected chi connectivity index (χ3v) is 4.25. The summed E-state index contributed by atoms with van der Waals surface area (Å²) in [4.78, 5) is 11.1. The lowest BCUT2D eigenvalue weighted by atomic mass is 9.65. The Morgan fingerprint density at radius 1 is 1.53 bits per heavy atom. The molecule has 0 spiro atoms. The SMILES string of the molecule is CCC(N)C1(CC(=O)O)CCOC(C)(CC)C1. The average molecular weight is 243 g/mol. The van der Waals surface area contributed by atoms with Crippen molar-refractivity contribution in [2.24, 2.45) is 11.1 Å². The Hall–Kier alpha value is -0.610. The summed E-state index contributed by atoms with van der Waals surface area (Å²) in [7, 11) is 0. The fourth-order valence-corrected chi connectivity index (χ4v) is 2.94. The van der Waals surface area contributed by atoms with Gasteiger partial charge in [0, 0.05) is 18.1 Å². The predicted molar refractivity (Wildman–Crippen MR) is 66.8 cm³/mol. The molecule has 0 bridgehead atoms. The largest absolute Gasteiger partial charge is 0.481 e. The van der Waals surface area contributed by atoms with Gasteiger partial charge in [0.1, 0.15) is 0 Å². The van der Waals surface area contributed by atoms with Crippen molar-refractivity contribution in [1.82, 2.24) is 0 Å². The van der Waals surface area contributed by atoms with E-state index >= 15 is 0 Å². The van der Waals surface area contributed by atoms with Gasteiger partial charge in [-0.05, 0) is 32.6 Å². The van der Waals surface area contributed by atoms with Crippen LogP contribution >= 0.6 is 0 Å². The van der Waals surface area contributed by atoms with Gasteiger partial charge in [-0.15, -0.1) is 0 Å². The van der Waals surface area contributed by atoms with Gasteiger partial charge in [-0.1, -0.05) is 13.8 Å². The van der Waals surface area contributed by atoms with E-state index in [4.69, 9.17) is 15.6 Å². The zero-order chi connectivity index (χ0) is 13.1. The lowest BCUT2D eigenvalue weighted by Gasteiger charge is -2.48. The van der Waals surface area contributed by atoms with Gasteiger partial charge < -0.3 is 15.6 Å². The summed E-state index contributed by atoms with van der Waals surface area (Å²) in [5, 5.41) is 9.12. The van der Waals surface area contributed by atoms with Crippen LogP contribution in [0.2, 0.25) is 0 Å². The molecule has 1 fully saturated rings. The molecule has 4 heteroatoms. The minimum atomic E-state index is -0.755. The highest BCUT2D eigenvalue weighted by atomic mass is 16.5. The van der Waals surface area contributed by atoms with E-state index in [9.17, 15) is 4.79 Å². The first kappa shape index (κ1) is 14.5. The van der Waals surface area contributed by atoms with Crippen molar-refractivity contribution < 1.29 is 14.6 Å². The Balaban J connectivity index is 2.93. The molecular formula is C13H25NO3. The van der Waals surface area contributed by atoms with Crippen LogP contribution in [0.5, 0.6) is 0 Å². The fraction of sp³-hybridized carbons (Fsp3) is 0.923. The number of aliphatic carboxylic acids is 1. The van der Waals surface area contributed by atoms with E-state index in [2.05, 4.69) is 13.8 Å². The highest BCUT2D eigenvalue weighted by Crippen LogP contribution is 2.45. The first-order valence-electron chi connectivity index (χ1n) is 6.49. The van der Waals surface area contributed by atoms with Crippen molar-refractivity contribution in [1.29, 1.82) is 0 Å². The number of ether oxygens (including phenoxy) is 1. The van der Waals surface area contributed by atoms with Gasteiger partial charge in [0.05, 0.1) is 12.0 Å². The Kier molecular flexibility index (Phi) is 4.55. The molecule has 1 heterocycles. The van der Waals surface area contributed by atoms with Crippen LogP contribution in [0, 0.1) is 5.41 Å². The average Bonchev–Trinajstić information content (AvgIpc) is 2.27. The minimum absolute atomic E-state index is 0.0617. The topological polar surface area (TPSA) is 72.6 Å². The normalized spacial score (nSPS) is 35.5. The zero-order valence-electron chi connectivity index (χ0n) is 11.2. The molecule has 1 saturated heterocycles. The molecular weight excluding hydrogens is 218 g/mol. The molecule has 0 amide bonds. The molecule has 17 heavy (non-hydrogen) atoms. The lowest BCUT2D eigenvalue weighted by molar-refractivity contribution is -0.152. The van der Waals surface area contributed by atoms with Gasteiger partial charge in [0.15, 0.2) is 0 Å². The molecule has 3 atom stereocenters. The van der Waals surface area contributed by atoms with E-state index in [1.54, 1.807) is 0 Å². The Morgan fingerprint density at radius 2 is 2.18 bits per heavy atom. The van der Waals surface area contributed by atoms with E-state index in [1.165, 1.54) is 0 Å². The van der Waals surface area contributed by atoms with Gasteiger partial charge in [0.25, 0.3) is 0 Å². The van der Waals surface area contributed by atoms with Crippen LogP contribution in [0.3, 0.4) is 0 Å². The molecule has 3 N–H and O–H groups in total. The molecule has 3 unspecified atom stereocenters. The fourth-order valence-electron chi connectivity index (χ4n) is 2.94. The molecule has 0 radical (unpaired) electrons. The first-order chi connectivity index (χ1) is 7.87. The van der Waals surface area contributed by atoms with Gasteiger partial charge in [-0.2, -0.15) is 0 Å². The van der Waals surface area contributed by atoms with Crippen molar-refractivity contribution in [3.05, 3.63) is 0 Å². The van der Waals surface area contributed by atoms with Crippen molar-refractivity contribution in [3.8, 4) is 0 Å². The van der Waals surface area contributed by atoms with Crippen LogP contribution in [0.15, 0.2) is 0 Å². The number of carboxylic acid groups (broad SMARTS) is 1.